The molecule has 0 bridgehead atoms. The van der Waals surface area contributed by atoms with Gasteiger partial charge in [0, 0.05) is 38.6 Å². The Morgan fingerprint density at radius 2 is 1.09 bits per heavy atom. The molecule has 1 heterocycles. The average Bonchev–Trinajstić information content (AvgIpc) is 3.70. The molecule has 2 heteroatoms. The van der Waals surface area contributed by atoms with Gasteiger partial charge >= 0.3 is 0 Å². The summed E-state index contributed by atoms with van der Waals surface area (Å²) >= 11 is 0. The van der Waals surface area contributed by atoms with Gasteiger partial charge in [0.25, 0.3) is 0 Å². The molecule has 0 unspecified atom stereocenters. The Kier molecular flexibility index (Phi) is 6.93. The molecule has 0 N–H and O–H groups in total. The van der Waals surface area contributed by atoms with E-state index >= 15 is 0 Å². The molecule has 0 fully saturated rings. The van der Waals surface area contributed by atoms with E-state index < -0.39 is 0 Å². The Bertz CT molecular complexity index is 3420. The molecule has 0 atom stereocenters. The third-order valence-corrected chi connectivity index (χ3v) is 12.9. The molecule has 0 spiro atoms. The van der Waals surface area contributed by atoms with Crippen LogP contribution >= 0.6 is 0 Å². The fourth-order valence-corrected chi connectivity index (χ4v) is 10.2. The standard InChI is InChI=1S/C56H40N2/c1-35-19-28-52-47(31-35)48-34-43(25-30-53(48)58(52)41-14-5-4-6-15-41)57(51-29-24-38-21-20-36-11-9-12-37-22-27-46(51)55(38)54(36)37)42-16-10-13-39(32-42)40-23-26-45-44-17-7-8-18-49(44)56(2,3)50(45)33-40/h4-34H,1-3H3. The molecule has 0 amide bonds. The molecule has 0 saturated carbocycles. The highest BCUT2D eigenvalue weighted by molar-refractivity contribution is 6.26. The lowest BCUT2D eigenvalue weighted by Crippen LogP contribution is -2.14. The maximum atomic E-state index is 2.49. The molecule has 0 aliphatic heterocycles. The minimum Gasteiger partial charge on any atom is -0.310 e. The van der Waals surface area contributed by atoms with E-state index in [0.29, 0.717) is 0 Å². The highest BCUT2D eigenvalue weighted by Crippen LogP contribution is 2.50. The second-order valence-electron chi connectivity index (χ2n) is 16.7. The first-order valence-electron chi connectivity index (χ1n) is 20.3. The average molecular weight is 741 g/mol. The quantitative estimate of drug-likeness (QED) is 0.160. The fraction of sp³-hybridized carbons (Fsp3) is 0.0714. The molecule has 10 aromatic carbocycles. The van der Waals surface area contributed by atoms with Gasteiger partial charge in [-0.05, 0) is 134 Å². The van der Waals surface area contributed by atoms with Crippen molar-refractivity contribution in [1.29, 1.82) is 0 Å². The summed E-state index contributed by atoms with van der Waals surface area (Å²) in [6.45, 7) is 6.91. The van der Waals surface area contributed by atoms with Crippen LogP contribution in [0.25, 0.3) is 82.1 Å². The maximum Gasteiger partial charge on any atom is 0.0542 e. The summed E-state index contributed by atoms with van der Waals surface area (Å²) < 4.78 is 2.41. The van der Waals surface area contributed by atoms with Crippen molar-refractivity contribution in [2.45, 2.75) is 26.2 Å². The Labute approximate surface area is 338 Å². The molecule has 274 valence electrons. The molecule has 0 saturated heterocycles. The number of hydrogen-bond donors (Lipinski definition) is 0. The van der Waals surface area contributed by atoms with E-state index in [9.17, 15) is 0 Å². The lowest BCUT2D eigenvalue weighted by Gasteiger charge is -2.28. The van der Waals surface area contributed by atoms with Crippen LogP contribution < -0.4 is 4.90 Å². The van der Waals surface area contributed by atoms with E-state index in [0.717, 1.165) is 22.7 Å². The number of anilines is 3. The monoisotopic (exact) mass is 740 g/mol. The molecule has 11 aromatic rings. The Morgan fingerprint density at radius 1 is 0.431 bits per heavy atom. The highest BCUT2D eigenvalue weighted by atomic mass is 15.1. The van der Waals surface area contributed by atoms with E-state index in [1.807, 2.05) is 0 Å². The minimum atomic E-state index is -0.0694. The number of aryl methyl sites for hydroxylation is 1. The molecular weight excluding hydrogens is 701 g/mol. The van der Waals surface area contributed by atoms with Crippen molar-refractivity contribution in [1.82, 2.24) is 4.57 Å². The maximum absolute atomic E-state index is 2.49. The number of hydrogen-bond acceptors (Lipinski definition) is 1. The molecule has 1 aromatic heterocycles. The van der Waals surface area contributed by atoms with Gasteiger partial charge in [-0.2, -0.15) is 0 Å². The van der Waals surface area contributed by atoms with Crippen LogP contribution in [-0.2, 0) is 5.41 Å². The summed E-state index contributed by atoms with van der Waals surface area (Å²) in [6, 6.07) is 70.2. The molecule has 2 nitrogen and oxygen atoms in total. The van der Waals surface area contributed by atoms with Gasteiger partial charge in [-0.15, -0.1) is 0 Å². The predicted molar refractivity (Wildman–Crippen MR) is 247 cm³/mol. The summed E-state index contributed by atoms with van der Waals surface area (Å²) in [4.78, 5) is 2.49. The first-order valence-corrected chi connectivity index (χ1v) is 20.3. The zero-order valence-electron chi connectivity index (χ0n) is 32.8. The number of para-hydroxylation sites is 1. The van der Waals surface area contributed by atoms with Crippen molar-refractivity contribution in [3.05, 3.63) is 205 Å². The van der Waals surface area contributed by atoms with Gasteiger partial charge < -0.3 is 9.47 Å². The molecule has 58 heavy (non-hydrogen) atoms. The van der Waals surface area contributed by atoms with Crippen LogP contribution in [0, 0.1) is 6.92 Å². The van der Waals surface area contributed by atoms with Crippen LogP contribution in [0.15, 0.2) is 188 Å². The summed E-state index contributed by atoms with van der Waals surface area (Å²) in [6.07, 6.45) is 0. The van der Waals surface area contributed by atoms with Gasteiger partial charge in [0.15, 0.2) is 0 Å². The first kappa shape index (κ1) is 33.0. The van der Waals surface area contributed by atoms with Crippen LogP contribution in [-0.4, -0.2) is 4.57 Å². The van der Waals surface area contributed by atoms with Crippen molar-refractivity contribution in [3.8, 4) is 27.9 Å². The van der Waals surface area contributed by atoms with Crippen molar-refractivity contribution in [3.63, 3.8) is 0 Å². The fourth-order valence-electron chi connectivity index (χ4n) is 10.2. The van der Waals surface area contributed by atoms with Gasteiger partial charge in [-0.1, -0.05) is 141 Å². The highest BCUT2D eigenvalue weighted by Gasteiger charge is 2.35. The lowest BCUT2D eigenvalue weighted by atomic mass is 9.81. The van der Waals surface area contributed by atoms with Crippen molar-refractivity contribution in [2.24, 2.45) is 0 Å². The van der Waals surface area contributed by atoms with E-state index in [1.165, 1.54) is 93.1 Å². The smallest absolute Gasteiger partial charge is 0.0542 e. The van der Waals surface area contributed by atoms with Gasteiger partial charge in [0.1, 0.15) is 0 Å². The van der Waals surface area contributed by atoms with E-state index in [4.69, 9.17) is 0 Å². The van der Waals surface area contributed by atoms with Crippen molar-refractivity contribution in [2.75, 3.05) is 4.90 Å². The van der Waals surface area contributed by atoms with Gasteiger partial charge in [-0.25, -0.2) is 0 Å². The van der Waals surface area contributed by atoms with Gasteiger partial charge in [0.05, 0.1) is 16.7 Å². The van der Waals surface area contributed by atoms with Crippen LogP contribution in [0.1, 0.15) is 30.5 Å². The second-order valence-corrected chi connectivity index (χ2v) is 16.7. The summed E-state index contributed by atoms with van der Waals surface area (Å²) in [5, 5.41) is 10.2. The molecule has 0 radical (unpaired) electrons. The SMILES string of the molecule is Cc1ccc2c(c1)c1cc(N(c3cccc(-c4ccc5c(c4)C(C)(C)c4ccccc4-5)c3)c3ccc4ccc5cccc6ccc3c4c56)ccc1n2-c1ccccc1. The number of rotatable bonds is 5. The molecular formula is C56H40N2. The van der Waals surface area contributed by atoms with Crippen molar-refractivity contribution >= 4 is 71.2 Å². The summed E-state index contributed by atoms with van der Waals surface area (Å²) in [7, 11) is 0. The number of benzene rings is 10. The number of nitrogens with zero attached hydrogens (tertiary/aromatic N) is 2. The van der Waals surface area contributed by atoms with E-state index in [-0.39, 0.29) is 5.41 Å². The Hall–Kier alpha value is -7.16. The molecule has 12 rings (SSSR count). The molecule has 1 aliphatic rings. The number of fused-ring (bicyclic) bond motifs is 6. The Morgan fingerprint density at radius 3 is 1.93 bits per heavy atom. The zero-order valence-corrected chi connectivity index (χ0v) is 32.8. The van der Waals surface area contributed by atoms with E-state index in [2.05, 4.69) is 218 Å². The summed E-state index contributed by atoms with van der Waals surface area (Å²) in [5.74, 6) is 0. The van der Waals surface area contributed by atoms with Crippen LogP contribution in [0.2, 0.25) is 0 Å². The van der Waals surface area contributed by atoms with Gasteiger partial charge in [0.2, 0.25) is 0 Å². The van der Waals surface area contributed by atoms with Crippen LogP contribution in [0.4, 0.5) is 17.1 Å². The van der Waals surface area contributed by atoms with E-state index in [1.54, 1.807) is 0 Å². The minimum absolute atomic E-state index is 0.0694. The summed E-state index contributed by atoms with van der Waals surface area (Å²) in [5.41, 5.74) is 16.1. The second kappa shape index (κ2) is 12.2. The lowest BCUT2D eigenvalue weighted by molar-refractivity contribution is 0.660. The third-order valence-electron chi connectivity index (χ3n) is 12.9. The Balaban J connectivity index is 1.10. The first-order chi connectivity index (χ1) is 28.4. The van der Waals surface area contributed by atoms with Gasteiger partial charge in [-0.3, -0.25) is 0 Å². The van der Waals surface area contributed by atoms with Crippen LogP contribution in [0.3, 0.4) is 0 Å². The molecule has 1 aliphatic carbocycles. The zero-order chi connectivity index (χ0) is 38.7. The topological polar surface area (TPSA) is 8.17 Å². The number of aromatic nitrogens is 1. The normalized spacial score (nSPS) is 13.2. The van der Waals surface area contributed by atoms with Crippen LogP contribution in [0.5, 0.6) is 0 Å². The van der Waals surface area contributed by atoms with Crippen molar-refractivity contribution < 1.29 is 0 Å². The third kappa shape index (κ3) is 4.72. The largest absolute Gasteiger partial charge is 0.310 e. The predicted octanol–water partition coefficient (Wildman–Crippen LogP) is 15.4.